The molecule has 0 saturated carbocycles. The second-order valence-electron chi connectivity index (χ2n) is 8.35. The van der Waals surface area contributed by atoms with E-state index in [1.807, 2.05) is 23.1 Å². The lowest BCUT2D eigenvalue weighted by Crippen LogP contribution is -2.39. The standard InChI is InChI=1S/C24H26N4O2/c29-23(27-14-10-19-5-1-2-6-20(19)17-27)15-18-8-12-26(13-9-18)22-16-24(30)28-11-4-3-7-21(28)25-22/h1-7,11,16,18H,8-10,12-15,17H2. The molecule has 5 rings (SSSR count). The first-order valence-electron chi connectivity index (χ1n) is 10.8. The first kappa shape index (κ1) is 18.9. The van der Waals surface area contributed by atoms with Crippen molar-refractivity contribution < 1.29 is 4.79 Å². The summed E-state index contributed by atoms with van der Waals surface area (Å²) in [7, 11) is 0. The Balaban J connectivity index is 1.20. The average Bonchev–Trinajstić information content (AvgIpc) is 2.79. The van der Waals surface area contributed by atoms with Crippen LogP contribution in [0, 0.1) is 5.92 Å². The van der Waals surface area contributed by atoms with Crippen LogP contribution in [0.2, 0.25) is 0 Å². The van der Waals surface area contributed by atoms with E-state index in [1.54, 1.807) is 16.7 Å². The minimum absolute atomic E-state index is 0.0571. The molecule has 6 heteroatoms. The van der Waals surface area contributed by atoms with E-state index in [4.69, 9.17) is 0 Å². The zero-order valence-corrected chi connectivity index (χ0v) is 17.0. The number of aromatic nitrogens is 2. The van der Waals surface area contributed by atoms with Crippen LogP contribution in [0.15, 0.2) is 59.5 Å². The van der Waals surface area contributed by atoms with Gasteiger partial charge in [-0.2, -0.15) is 0 Å². The minimum Gasteiger partial charge on any atom is -0.356 e. The van der Waals surface area contributed by atoms with Crippen LogP contribution in [0.5, 0.6) is 0 Å². The molecule has 30 heavy (non-hydrogen) atoms. The Kier molecular flexibility index (Phi) is 4.99. The number of nitrogens with zero attached hydrogens (tertiary/aromatic N) is 4. The van der Waals surface area contributed by atoms with Crippen LogP contribution in [0.1, 0.15) is 30.4 Å². The highest BCUT2D eigenvalue weighted by atomic mass is 16.2. The summed E-state index contributed by atoms with van der Waals surface area (Å²) in [4.78, 5) is 34.1. The fourth-order valence-electron chi connectivity index (χ4n) is 4.65. The van der Waals surface area contributed by atoms with Crippen molar-refractivity contribution in [2.75, 3.05) is 24.5 Å². The minimum atomic E-state index is -0.0571. The molecule has 6 nitrogen and oxygen atoms in total. The van der Waals surface area contributed by atoms with Crippen LogP contribution >= 0.6 is 0 Å². The van der Waals surface area contributed by atoms with E-state index in [0.29, 0.717) is 18.0 Å². The predicted molar refractivity (Wildman–Crippen MR) is 117 cm³/mol. The quantitative estimate of drug-likeness (QED) is 0.676. The van der Waals surface area contributed by atoms with E-state index in [-0.39, 0.29) is 11.5 Å². The number of pyridine rings is 1. The van der Waals surface area contributed by atoms with Gasteiger partial charge < -0.3 is 9.80 Å². The predicted octanol–water partition coefficient (Wildman–Crippen LogP) is 2.89. The summed E-state index contributed by atoms with van der Waals surface area (Å²) in [5, 5.41) is 0. The van der Waals surface area contributed by atoms with Gasteiger partial charge in [0.25, 0.3) is 5.56 Å². The summed E-state index contributed by atoms with van der Waals surface area (Å²) >= 11 is 0. The zero-order chi connectivity index (χ0) is 20.5. The number of carbonyl (C=O) groups excluding carboxylic acids is 1. The molecule has 0 aliphatic carbocycles. The van der Waals surface area contributed by atoms with E-state index >= 15 is 0 Å². The smallest absolute Gasteiger partial charge is 0.259 e. The maximum Gasteiger partial charge on any atom is 0.259 e. The van der Waals surface area contributed by atoms with Gasteiger partial charge in [0.15, 0.2) is 0 Å². The van der Waals surface area contributed by atoms with Gasteiger partial charge in [-0.25, -0.2) is 4.98 Å². The summed E-state index contributed by atoms with van der Waals surface area (Å²) < 4.78 is 1.56. The molecule has 4 heterocycles. The van der Waals surface area contributed by atoms with Gasteiger partial charge in [0.1, 0.15) is 11.5 Å². The van der Waals surface area contributed by atoms with Crippen LogP contribution in [0.4, 0.5) is 5.82 Å². The molecular weight excluding hydrogens is 376 g/mol. The average molecular weight is 402 g/mol. The van der Waals surface area contributed by atoms with Crippen LogP contribution < -0.4 is 10.5 Å². The van der Waals surface area contributed by atoms with E-state index in [1.165, 1.54) is 11.1 Å². The molecule has 1 fully saturated rings. The maximum absolute atomic E-state index is 12.9. The fourth-order valence-corrected chi connectivity index (χ4v) is 4.65. The normalized spacial score (nSPS) is 17.2. The summed E-state index contributed by atoms with van der Waals surface area (Å²) in [5.41, 5.74) is 3.26. The highest BCUT2D eigenvalue weighted by Crippen LogP contribution is 2.26. The number of benzene rings is 1. The van der Waals surface area contributed by atoms with Gasteiger partial charge in [0.2, 0.25) is 5.91 Å². The van der Waals surface area contributed by atoms with Gasteiger partial charge in [-0.15, -0.1) is 0 Å². The van der Waals surface area contributed by atoms with Crippen LogP contribution in [-0.4, -0.2) is 39.8 Å². The Morgan fingerprint density at radius 2 is 1.77 bits per heavy atom. The van der Waals surface area contributed by atoms with E-state index in [0.717, 1.165) is 51.3 Å². The molecule has 0 N–H and O–H groups in total. The van der Waals surface area contributed by atoms with Crippen molar-refractivity contribution in [1.82, 2.24) is 14.3 Å². The monoisotopic (exact) mass is 402 g/mol. The highest BCUT2D eigenvalue weighted by Gasteiger charge is 2.26. The van der Waals surface area contributed by atoms with Crippen LogP contribution in [0.3, 0.4) is 0 Å². The molecule has 2 aliphatic heterocycles. The highest BCUT2D eigenvalue weighted by molar-refractivity contribution is 5.76. The Labute approximate surface area is 175 Å². The number of rotatable bonds is 3. The Morgan fingerprint density at radius 3 is 2.60 bits per heavy atom. The second-order valence-corrected chi connectivity index (χ2v) is 8.35. The van der Waals surface area contributed by atoms with E-state index in [9.17, 15) is 9.59 Å². The number of fused-ring (bicyclic) bond motifs is 2. The van der Waals surface area contributed by atoms with Crippen molar-refractivity contribution in [2.45, 2.75) is 32.2 Å². The lowest BCUT2D eigenvalue weighted by molar-refractivity contribution is -0.133. The second kappa shape index (κ2) is 7.94. The number of piperidine rings is 1. The Bertz CT molecular complexity index is 1130. The molecule has 0 atom stereocenters. The number of hydrogen-bond donors (Lipinski definition) is 0. The fraction of sp³-hybridized carbons (Fsp3) is 0.375. The lowest BCUT2D eigenvalue weighted by atomic mass is 9.92. The molecule has 2 aromatic heterocycles. The third-order valence-electron chi connectivity index (χ3n) is 6.44. The molecule has 0 spiro atoms. The summed E-state index contributed by atoms with van der Waals surface area (Å²) in [6.45, 7) is 3.21. The maximum atomic E-state index is 12.9. The van der Waals surface area contributed by atoms with Crippen LogP contribution in [0.25, 0.3) is 5.65 Å². The Morgan fingerprint density at radius 1 is 1.00 bits per heavy atom. The van der Waals surface area contributed by atoms with Crippen molar-refractivity contribution in [2.24, 2.45) is 5.92 Å². The number of anilines is 1. The Hall–Kier alpha value is -3.15. The molecule has 3 aromatic rings. The molecule has 0 bridgehead atoms. The summed E-state index contributed by atoms with van der Waals surface area (Å²) in [6.07, 6.45) is 5.21. The molecule has 1 saturated heterocycles. The van der Waals surface area contributed by atoms with Crippen molar-refractivity contribution in [3.63, 3.8) is 0 Å². The van der Waals surface area contributed by atoms with E-state index in [2.05, 4.69) is 34.1 Å². The number of carbonyl (C=O) groups is 1. The molecule has 1 aromatic carbocycles. The van der Waals surface area contributed by atoms with Crippen molar-refractivity contribution in [1.29, 1.82) is 0 Å². The molecule has 154 valence electrons. The lowest BCUT2D eigenvalue weighted by Gasteiger charge is -2.34. The molecule has 0 unspecified atom stereocenters. The van der Waals surface area contributed by atoms with Gasteiger partial charge in [0, 0.05) is 44.9 Å². The molecular formula is C24H26N4O2. The number of amides is 1. The van der Waals surface area contributed by atoms with Gasteiger partial charge in [-0.3, -0.25) is 14.0 Å². The zero-order valence-electron chi connectivity index (χ0n) is 17.0. The SMILES string of the molecule is O=C(CC1CCN(c2cc(=O)n3ccccc3n2)CC1)N1CCc2ccccc2C1. The largest absolute Gasteiger partial charge is 0.356 e. The molecule has 2 aliphatic rings. The third kappa shape index (κ3) is 3.70. The first-order chi connectivity index (χ1) is 14.7. The third-order valence-corrected chi connectivity index (χ3v) is 6.44. The topological polar surface area (TPSA) is 57.9 Å². The van der Waals surface area contributed by atoms with Crippen molar-refractivity contribution >= 4 is 17.4 Å². The number of hydrogen-bond acceptors (Lipinski definition) is 4. The van der Waals surface area contributed by atoms with Gasteiger partial charge in [-0.1, -0.05) is 30.3 Å². The van der Waals surface area contributed by atoms with Gasteiger partial charge in [-0.05, 0) is 48.4 Å². The van der Waals surface area contributed by atoms with Crippen molar-refractivity contribution in [3.8, 4) is 0 Å². The van der Waals surface area contributed by atoms with E-state index < -0.39 is 0 Å². The van der Waals surface area contributed by atoms with Gasteiger partial charge >= 0.3 is 0 Å². The van der Waals surface area contributed by atoms with Crippen molar-refractivity contribution in [3.05, 3.63) is 76.2 Å². The summed E-state index contributed by atoms with van der Waals surface area (Å²) in [6, 6.07) is 15.6. The summed E-state index contributed by atoms with van der Waals surface area (Å²) in [5.74, 6) is 1.40. The van der Waals surface area contributed by atoms with Crippen LogP contribution in [-0.2, 0) is 17.8 Å². The molecule has 1 amide bonds. The van der Waals surface area contributed by atoms with Gasteiger partial charge in [0.05, 0.1) is 0 Å². The first-order valence-corrected chi connectivity index (χ1v) is 10.8. The molecule has 0 radical (unpaired) electrons.